The summed E-state index contributed by atoms with van der Waals surface area (Å²) in [7, 11) is 1.46. The van der Waals surface area contributed by atoms with Crippen LogP contribution in [0.3, 0.4) is 0 Å². The number of ether oxygens (including phenoxy) is 1. The van der Waals surface area contributed by atoms with Crippen molar-refractivity contribution in [3.63, 3.8) is 0 Å². The molecule has 1 aromatic carbocycles. The molecule has 1 heterocycles. The van der Waals surface area contributed by atoms with Gasteiger partial charge < -0.3 is 9.84 Å². The van der Waals surface area contributed by atoms with Gasteiger partial charge in [-0.3, -0.25) is 9.78 Å². The second-order valence-corrected chi connectivity index (χ2v) is 3.83. The molecule has 0 saturated carbocycles. The number of hydrogen-bond acceptors (Lipinski definition) is 5. The molecule has 0 atom stereocenters. The van der Waals surface area contributed by atoms with Gasteiger partial charge in [-0.1, -0.05) is 6.07 Å². The second-order valence-electron chi connectivity index (χ2n) is 3.83. The number of methoxy groups -OCH3 is 1. The van der Waals surface area contributed by atoms with Crippen molar-refractivity contribution in [2.75, 3.05) is 7.11 Å². The predicted octanol–water partition coefficient (Wildman–Crippen LogP) is 1.56. The number of benzene rings is 1. The fourth-order valence-electron chi connectivity index (χ4n) is 1.54. The number of aromatic hydroxyl groups is 1. The van der Waals surface area contributed by atoms with E-state index >= 15 is 0 Å². The first-order valence-electron chi connectivity index (χ1n) is 5.82. The maximum absolute atomic E-state index is 11.7. The van der Waals surface area contributed by atoms with E-state index < -0.39 is 0 Å². The van der Waals surface area contributed by atoms with Crippen LogP contribution >= 0.6 is 0 Å². The Morgan fingerprint density at radius 1 is 1.33 bits per heavy atom. The minimum Gasteiger partial charge on any atom is -0.504 e. The number of carbonyl (C=O) groups excluding carboxylic acids is 1. The van der Waals surface area contributed by atoms with E-state index in [-0.39, 0.29) is 28.7 Å². The zero-order chi connectivity index (χ0) is 14.4. The van der Waals surface area contributed by atoms with Crippen molar-refractivity contribution < 1.29 is 31.7 Å². The van der Waals surface area contributed by atoms with Crippen molar-refractivity contribution in [2.24, 2.45) is 5.10 Å². The maximum atomic E-state index is 11.7. The number of nitrogens with one attached hydrogen (secondary N) is 1. The summed E-state index contributed by atoms with van der Waals surface area (Å²) in [4.78, 5) is 15.5. The number of phenolic OH excluding ortho intramolecular Hbond substituents is 1. The molecule has 0 aliphatic rings. The summed E-state index contributed by atoms with van der Waals surface area (Å²) in [6.45, 7) is 0. The maximum Gasteiger partial charge on any atom is 0.271 e. The zero-order valence-corrected chi connectivity index (χ0v) is 12.2. The summed E-state index contributed by atoms with van der Waals surface area (Å²) in [5, 5.41) is 13.6. The summed E-state index contributed by atoms with van der Waals surface area (Å²) in [6.07, 6.45) is 4.38. The number of hydrazone groups is 1. The van der Waals surface area contributed by atoms with Gasteiger partial charge in [-0.2, -0.15) is 5.10 Å². The topological polar surface area (TPSA) is 83.8 Å². The molecule has 0 saturated heterocycles. The Kier molecular flexibility index (Phi) is 6.38. The molecule has 1 aromatic heterocycles. The largest absolute Gasteiger partial charge is 0.504 e. The molecule has 2 aromatic rings. The quantitative estimate of drug-likeness (QED) is 0.507. The van der Waals surface area contributed by atoms with E-state index in [1.54, 1.807) is 30.3 Å². The first kappa shape index (κ1) is 16.7. The number of carbonyl (C=O) groups is 1. The van der Waals surface area contributed by atoms with Crippen molar-refractivity contribution in [2.45, 2.75) is 0 Å². The van der Waals surface area contributed by atoms with Crippen molar-refractivity contribution in [1.29, 1.82) is 0 Å². The number of hydrogen-bond donors (Lipinski definition) is 2. The fraction of sp³-hybridized carbons (Fsp3) is 0.0714. The molecule has 0 aliphatic heterocycles. The van der Waals surface area contributed by atoms with Gasteiger partial charge in [0.05, 0.1) is 13.3 Å². The molecule has 1 amide bonds. The average molecular weight is 327 g/mol. The van der Waals surface area contributed by atoms with Gasteiger partial charge in [0.15, 0.2) is 11.5 Å². The van der Waals surface area contributed by atoms with E-state index in [2.05, 4.69) is 15.5 Å². The zero-order valence-electron chi connectivity index (χ0n) is 11.1. The van der Waals surface area contributed by atoms with Gasteiger partial charge in [-0.25, -0.2) is 5.43 Å². The minimum atomic E-state index is -0.356. The Morgan fingerprint density at radius 3 is 2.71 bits per heavy atom. The van der Waals surface area contributed by atoms with Gasteiger partial charge in [0.2, 0.25) is 0 Å². The van der Waals surface area contributed by atoms with Crippen LogP contribution in [0.4, 0.5) is 0 Å². The van der Waals surface area contributed by atoms with E-state index in [4.69, 9.17) is 4.74 Å². The van der Waals surface area contributed by atoms with E-state index in [1.807, 2.05) is 0 Å². The minimum absolute atomic E-state index is 0. The normalized spacial score (nSPS) is 9.95. The molecule has 0 unspecified atom stereocenters. The fourth-order valence-corrected chi connectivity index (χ4v) is 1.54. The van der Waals surface area contributed by atoms with Crippen LogP contribution in [-0.2, 0) is 17.1 Å². The Labute approximate surface area is 132 Å². The molecule has 6 nitrogen and oxygen atoms in total. The van der Waals surface area contributed by atoms with Crippen LogP contribution in [0.5, 0.6) is 11.5 Å². The Balaban J connectivity index is 0.00000220. The number of phenols is 1. The summed E-state index contributed by atoms with van der Waals surface area (Å²) >= 11 is 0. The molecular weight excluding hydrogens is 314 g/mol. The number of nitrogens with zero attached hydrogens (tertiary/aromatic N) is 2. The molecule has 7 heteroatoms. The van der Waals surface area contributed by atoms with Gasteiger partial charge >= 0.3 is 0 Å². The summed E-state index contributed by atoms with van der Waals surface area (Å²) < 4.78 is 4.98. The summed E-state index contributed by atoms with van der Waals surface area (Å²) in [5.74, 6) is -0.0441. The molecule has 2 N–H and O–H groups in total. The van der Waals surface area contributed by atoms with Gasteiger partial charge in [0.25, 0.3) is 5.91 Å². The number of pyridine rings is 1. The molecule has 110 valence electrons. The Morgan fingerprint density at radius 2 is 2.05 bits per heavy atom. The number of para-hydroxylation sites is 1. The summed E-state index contributed by atoms with van der Waals surface area (Å²) in [6, 6.07) is 8.15. The van der Waals surface area contributed by atoms with Gasteiger partial charge in [-0.05, 0) is 24.3 Å². The van der Waals surface area contributed by atoms with Crippen LogP contribution in [-0.4, -0.2) is 29.3 Å². The van der Waals surface area contributed by atoms with Crippen molar-refractivity contribution >= 4 is 12.1 Å². The van der Waals surface area contributed by atoms with Gasteiger partial charge in [0, 0.05) is 40.6 Å². The first-order chi connectivity index (χ1) is 9.72. The van der Waals surface area contributed by atoms with Gasteiger partial charge in [-0.15, -0.1) is 0 Å². The van der Waals surface area contributed by atoms with Crippen LogP contribution < -0.4 is 10.2 Å². The van der Waals surface area contributed by atoms with Crippen LogP contribution in [0.2, 0.25) is 0 Å². The number of amides is 1. The third-order valence-corrected chi connectivity index (χ3v) is 2.56. The van der Waals surface area contributed by atoms with Crippen molar-refractivity contribution in [3.05, 3.63) is 53.9 Å². The van der Waals surface area contributed by atoms with Gasteiger partial charge in [0.1, 0.15) is 0 Å². The molecule has 0 spiro atoms. The third-order valence-electron chi connectivity index (χ3n) is 2.56. The van der Waals surface area contributed by atoms with Crippen LogP contribution in [0, 0.1) is 0 Å². The monoisotopic (exact) mass is 327 g/mol. The van der Waals surface area contributed by atoms with Crippen molar-refractivity contribution in [3.8, 4) is 11.5 Å². The molecule has 0 radical (unpaired) electrons. The summed E-state index contributed by atoms with van der Waals surface area (Å²) in [5.41, 5.74) is 3.26. The van der Waals surface area contributed by atoms with E-state index in [1.165, 1.54) is 25.7 Å². The molecule has 2 rings (SSSR count). The second kappa shape index (κ2) is 8.04. The van der Waals surface area contributed by atoms with Crippen molar-refractivity contribution in [1.82, 2.24) is 10.4 Å². The van der Waals surface area contributed by atoms with E-state index in [9.17, 15) is 9.90 Å². The number of aromatic nitrogens is 1. The average Bonchev–Trinajstić information content (AvgIpc) is 2.49. The molecule has 21 heavy (non-hydrogen) atoms. The molecule has 0 aliphatic carbocycles. The van der Waals surface area contributed by atoms with Crippen LogP contribution in [0.25, 0.3) is 0 Å². The third kappa shape index (κ3) is 4.30. The van der Waals surface area contributed by atoms with E-state index in [0.717, 1.165) is 0 Å². The standard InChI is InChI=1S/C14H13N3O3.Fe/c1-20-12-4-2-3-11(13(12)18)9-16-17-14(19)10-5-7-15-8-6-10;/h2-9,18H,1H3,(H,17,19);. The SMILES string of the molecule is COc1cccc(C=NNC(=O)c2ccncc2)c1O.[Fe]. The molecule has 0 fully saturated rings. The number of rotatable bonds is 4. The smallest absolute Gasteiger partial charge is 0.271 e. The molecule has 0 bridgehead atoms. The van der Waals surface area contributed by atoms with Crippen LogP contribution in [0.15, 0.2) is 47.8 Å². The van der Waals surface area contributed by atoms with E-state index in [0.29, 0.717) is 16.9 Å². The Hall–Kier alpha value is -2.37. The molecular formula is C14H13FeN3O3. The first-order valence-corrected chi connectivity index (χ1v) is 5.82. The predicted molar refractivity (Wildman–Crippen MR) is 74.0 cm³/mol. The Bertz CT molecular complexity index is 633. The van der Waals surface area contributed by atoms with Crippen LogP contribution in [0.1, 0.15) is 15.9 Å².